The first-order valence-corrected chi connectivity index (χ1v) is 7.65. The smallest absolute Gasteiger partial charge is 0.203 e. The van der Waals surface area contributed by atoms with Gasteiger partial charge in [-0.1, -0.05) is 11.6 Å². The third-order valence-corrected chi connectivity index (χ3v) is 4.25. The maximum Gasteiger partial charge on any atom is 0.203 e. The maximum atomic E-state index is 5.98. The highest BCUT2D eigenvalue weighted by Gasteiger charge is 2.15. The lowest BCUT2D eigenvalue weighted by molar-refractivity contribution is 0.324. The summed E-state index contributed by atoms with van der Waals surface area (Å²) in [6.45, 7) is 2.07. The average Bonchev–Trinajstić information content (AvgIpc) is 2.92. The zero-order valence-corrected chi connectivity index (χ0v) is 14.0. The summed E-state index contributed by atoms with van der Waals surface area (Å²) in [6, 6.07) is 5.84. The number of hydrogen-bond acceptors (Lipinski definition) is 5. The van der Waals surface area contributed by atoms with Crippen LogP contribution in [0, 0.1) is 0 Å². The highest BCUT2D eigenvalue weighted by molar-refractivity contribution is 7.14. The Morgan fingerprint density at radius 2 is 1.67 bits per heavy atom. The Kier molecular flexibility index (Phi) is 5.20. The maximum absolute atomic E-state index is 5.98. The number of ether oxygens (including phenoxy) is 3. The molecule has 0 saturated carbocycles. The number of rotatable bonds is 6. The van der Waals surface area contributed by atoms with Crippen molar-refractivity contribution in [2.45, 2.75) is 13.0 Å². The number of anilines is 1. The van der Waals surface area contributed by atoms with E-state index in [1.807, 2.05) is 23.6 Å². The molecule has 0 amide bonds. The van der Waals surface area contributed by atoms with Gasteiger partial charge in [-0.25, -0.2) is 0 Å². The van der Waals surface area contributed by atoms with E-state index in [1.165, 1.54) is 11.3 Å². The lowest BCUT2D eigenvalue weighted by Gasteiger charge is -2.18. The van der Waals surface area contributed by atoms with E-state index < -0.39 is 0 Å². The fourth-order valence-corrected chi connectivity index (χ4v) is 3.03. The van der Waals surface area contributed by atoms with E-state index in [1.54, 1.807) is 21.3 Å². The van der Waals surface area contributed by atoms with Crippen molar-refractivity contribution in [2.75, 3.05) is 26.6 Å². The molecule has 1 heterocycles. The second kappa shape index (κ2) is 6.91. The van der Waals surface area contributed by atoms with Crippen molar-refractivity contribution in [1.82, 2.24) is 0 Å². The van der Waals surface area contributed by atoms with E-state index in [4.69, 9.17) is 25.8 Å². The van der Waals surface area contributed by atoms with E-state index in [2.05, 4.69) is 12.2 Å². The molecule has 2 aromatic rings. The SMILES string of the molecule is COc1cc(NC(C)c2csc(Cl)c2)cc(OC)c1OC. The predicted molar refractivity (Wildman–Crippen MR) is 87.5 cm³/mol. The van der Waals surface area contributed by atoms with E-state index in [0.717, 1.165) is 15.6 Å². The van der Waals surface area contributed by atoms with Crippen LogP contribution in [0.15, 0.2) is 23.6 Å². The molecule has 0 saturated heterocycles. The fraction of sp³-hybridized carbons (Fsp3) is 0.333. The molecule has 0 radical (unpaired) electrons. The number of hydrogen-bond donors (Lipinski definition) is 1. The zero-order valence-electron chi connectivity index (χ0n) is 12.4. The molecular weight excluding hydrogens is 310 g/mol. The van der Waals surface area contributed by atoms with Crippen LogP contribution in [-0.2, 0) is 0 Å². The Bertz CT molecular complexity index is 590. The average molecular weight is 328 g/mol. The minimum absolute atomic E-state index is 0.122. The van der Waals surface area contributed by atoms with E-state index in [-0.39, 0.29) is 6.04 Å². The monoisotopic (exact) mass is 327 g/mol. The molecule has 2 rings (SSSR count). The van der Waals surface area contributed by atoms with E-state index >= 15 is 0 Å². The molecule has 0 fully saturated rings. The summed E-state index contributed by atoms with van der Waals surface area (Å²) >= 11 is 7.50. The van der Waals surface area contributed by atoms with E-state index in [0.29, 0.717) is 17.2 Å². The van der Waals surface area contributed by atoms with Gasteiger partial charge in [-0.15, -0.1) is 11.3 Å². The van der Waals surface area contributed by atoms with Crippen LogP contribution in [0.4, 0.5) is 5.69 Å². The fourth-order valence-electron chi connectivity index (χ4n) is 2.05. The van der Waals surface area contributed by atoms with Crippen LogP contribution in [0.3, 0.4) is 0 Å². The van der Waals surface area contributed by atoms with Crippen LogP contribution >= 0.6 is 22.9 Å². The summed E-state index contributed by atoms with van der Waals surface area (Å²) < 4.78 is 16.8. The highest BCUT2D eigenvalue weighted by Crippen LogP contribution is 2.40. The lowest BCUT2D eigenvalue weighted by atomic mass is 10.1. The van der Waals surface area contributed by atoms with Crippen LogP contribution in [-0.4, -0.2) is 21.3 Å². The first-order chi connectivity index (χ1) is 10.1. The normalized spacial score (nSPS) is 11.9. The van der Waals surface area contributed by atoms with E-state index in [9.17, 15) is 0 Å². The second-order valence-electron chi connectivity index (χ2n) is 4.46. The quantitative estimate of drug-likeness (QED) is 0.841. The topological polar surface area (TPSA) is 39.7 Å². The first kappa shape index (κ1) is 15.8. The number of thiophene rings is 1. The number of nitrogens with one attached hydrogen (secondary N) is 1. The summed E-state index contributed by atoms with van der Waals surface area (Å²) in [7, 11) is 4.79. The Labute approximate surface area is 133 Å². The molecule has 114 valence electrons. The molecule has 1 N–H and O–H groups in total. The summed E-state index contributed by atoms with van der Waals surface area (Å²) in [5.41, 5.74) is 2.03. The molecule has 1 aromatic carbocycles. The molecule has 1 aromatic heterocycles. The molecule has 0 aliphatic rings. The van der Waals surface area contributed by atoms with Crippen LogP contribution in [0.25, 0.3) is 0 Å². The van der Waals surface area contributed by atoms with Gasteiger partial charge in [0.2, 0.25) is 5.75 Å². The number of halogens is 1. The summed E-state index contributed by atoms with van der Waals surface area (Å²) in [4.78, 5) is 0. The summed E-state index contributed by atoms with van der Waals surface area (Å²) in [5, 5.41) is 5.44. The molecule has 6 heteroatoms. The predicted octanol–water partition coefficient (Wildman–Crippen LogP) is 4.60. The van der Waals surface area contributed by atoms with Crippen molar-refractivity contribution in [2.24, 2.45) is 0 Å². The van der Waals surface area contributed by atoms with Crippen molar-refractivity contribution in [1.29, 1.82) is 0 Å². The third-order valence-electron chi connectivity index (χ3n) is 3.14. The van der Waals surface area contributed by atoms with Gasteiger partial charge in [-0.05, 0) is 23.9 Å². The molecule has 21 heavy (non-hydrogen) atoms. The summed E-state index contributed by atoms with van der Waals surface area (Å²) in [6.07, 6.45) is 0. The van der Waals surface area contributed by atoms with Crippen molar-refractivity contribution in [3.8, 4) is 17.2 Å². The van der Waals surface area contributed by atoms with Gasteiger partial charge < -0.3 is 19.5 Å². The second-order valence-corrected chi connectivity index (χ2v) is 6.01. The lowest BCUT2D eigenvalue weighted by Crippen LogP contribution is -2.06. The van der Waals surface area contributed by atoms with Crippen LogP contribution < -0.4 is 19.5 Å². The molecule has 0 aliphatic heterocycles. The van der Waals surface area contributed by atoms with Crippen LogP contribution in [0.1, 0.15) is 18.5 Å². The molecule has 1 atom stereocenters. The van der Waals surface area contributed by atoms with Crippen LogP contribution in [0.5, 0.6) is 17.2 Å². The van der Waals surface area contributed by atoms with Gasteiger partial charge in [-0.3, -0.25) is 0 Å². The van der Waals surface area contributed by atoms with Gasteiger partial charge in [0.05, 0.1) is 25.7 Å². The minimum Gasteiger partial charge on any atom is -0.493 e. The highest BCUT2D eigenvalue weighted by atomic mass is 35.5. The van der Waals surface area contributed by atoms with Crippen molar-refractivity contribution >= 4 is 28.6 Å². The largest absolute Gasteiger partial charge is 0.493 e. The molecule has 1 unspecified atom stereocenters. The standard InChI is InChI=1S/C15H18ClNO3S/c1-9(10-5-14(16)21-8-10)17-11-6-12(18-2)15(20-4)13(7-11)19-3/h5-9,17H,1-4H3. The summed E-state index contributed by atoms with van der Waals surface area (Å²) in [5.74, 6) is 1.82. The third kappa shape index (κ3) is 3.54. The van der Waals surface area contributed by atoms with Crippen molar-refractivity contribution in [3.63, 3.8) is 0 Å². The molecule has 0 aliphatic carbocycles. The molecule has 0 spiro atoms. The minimum atomic E-state index is 0.122. The Balaban J connectivity index is 2.27. The Hall–Kier alpha value is -1.59. The number of benzene rings is 1. The molecule has 4 nitrogen and oxygen atoms in total. The van der Waals surface area contributed by atoms with Crippen LogP contribution in [0.2, 0.25) is 4.34 Å². The van der Waals surface area contributed by atoms with Gasteiger partial charge in [0.25, 0.3) is 0 Å². The molecular formula is C15H18ClNO3S. The van der Waals surface area contributed by atoms with Gasteiger partial charge in [0.15, 0.2) is 11.5 Å². The number of methoxy groups -OCH3 is 3. The van der Waals surface area contributed by atoms with Crippen molar-refractivity contribution < 1.29 is 14.2 Å². The van der Waals surface area contributed by atoms with Crippen molar-refractivity contribution in [3.05, 3.63) is 33.5 Å². The van der Waals surface area contributed by atoms with Gasteiger partial charge in [-0.2, -0.15) is 0 Å². The Morgan fingerprint density at radius 3 is 2.10 bits per heavy atom. The molecule has 0 bridgehead atoms. The first-order valence-electron chi connectivity index (χ1n) is 6.39. The van der Waals surface area contributed by atoms with Gasteiger partial charge >= 0.3 is 0 Å². The Morgan fingerprint density at radius 1 is 1.05 bits per heavy atom. The van der Waals surface area contributed by atoms with Gasteiger partial charge in [0.1, 0.15) is 0 Å². The zero-order chi connectivity index (χ0) is 15.4. The van der Waals surface area contributed by atoms with Gasteiger partial charge in [0, 0.05) is 23.9 Å².